The molecule has 4 nitrogen and oxygen atoms in total. The van der Waals surface area contributed by atoms with E-state index in [0.29, 0.717) is 6.04 Å². The van der Waals surface area contributed by atoms with Crippen molar-refractivity contribution >= 4 is 23.0 Å². The SMILES string of the molecule is Cc1ccc(N2C(=S)N[C@H](c3ccccn3)[C@H]2c2cccn2C2CCCCC2)cc1C. The highest BCUT2D eigenvalue weighted by Crippen LogP contribution is 2.43. The number of hydrogen-bond acceptors (Lipinski definition) is 2. The largest absolute Gasteiger partial charge is 0.351 e. The number of benzene rings is 1. The summed E-state index contributed by atoms with van der Waals surface area (Å²) in [7, 11) is 0. The highest BCUT2D eigenvalue weighted by molar-refractivity contribution is 7.80. The van der Waals surface area contributed by atoms with Gasteiger partial charge in [0.15, 0.2) is 5.11 Å². The van der Waals surface area contributed by atoms with Crippen LogP contribution in [0.15, 0.2) is 60.9 Å². The van der Waals surface area contributed by atoms with Gasteiger partial charge in [-0.2, -0.15) is 0 Å². The van der Waals surface area contributed by atoms with Gasteiger partial charge in [0, 0.05) is 29.8 Å². The van der Waals surface area contributed by atoms with Gasteiger partial charge in [-0.3, -0.25) is 4.98 Å². The fourth-order valence-electron chi connectivity index (χ4n) is 5.16. The monoisotopic (exact) mass is 430 g/mol. The van der Waals surface area contributed by atoms with Crippen molar-refractivity contribution in [2.75, 3.05) is 4.90 Å². The van der Waals surface area contributed by atoms with E-state index in [4.69, 9.17) is 17.2 Å². The Balaban J connectivity index is 1.62. The second-order valence-electron chi connectivity index (χ2n) is 8.90. The Labute approximate surface area is 190 Å². The molecule has 1 aliphatic carbocycles. The smallest absolute Gasteiger partial charge is 0.174 e. The molecule has 0 unspecified atom stereocenters. The number of anilines is 1. The highest BCUT2D eigenvalue weighted by atomic mass is 32.1. The molecule has 1 saturated heterocycles. The molecule has 0 radical (unpaired) electrons. The first-order valence-electron chi connectivity index (χ1n) is 11.4. The van der Waals surface area contributed by atoms with Crippen LogP contribution in [-0.4, -0.2) is 14.7 Å². The Kier molecular flexibility index (Phi) is 5.53. The molecule has 3 aromatic rings. The van der Waals surface area contributed by atoms with Crippen molar-refractivity contribution in [2.45, 2.75) is 64.1 Å². The lowest BCUT2D eigenvalue weighted by Gasteiger charge is -2.32. The number of thiocarbonyl (C=S) groups is 1. The maximum atomic E-state index is 5.90. The third kappa shape index (κ3) is 3.76. The number of nitrogens with one attached hydrogen (secondary N) is 1. The predicted octanol–water partition coefficient (Wildman–Crippen LogP) is 6.18. The van der Waals surface area contributed by atoms with E-state index in [9.17, 15) is 0 Å². The second-order valence-corrected chi connectivity index (χ2v) is 9.28. The van der Waals surface area contributed by atoms with E-state index < -0.39 is 0 Å². The standard InChI is InChI=1S/C26H30N4S/c1-18-13-14-21(17-19(18)2)30-25(24(28-26(30)31)22-11-6-7-15-27-22)23-12-8-16-29(23)20-9-4-3-5-10-20/h6-8,11-17,20,24-25H,3-5,9-10H2,1-2H3,(H,28,31)/t24-,25-/m1/s1. The van der Waals surface area contributed by atoms with Crippen molar-refractivity contribution in [1.82, 2.24) is 14.9 Å². The highest BCUT2D eigenvalue weighted by Gasteiger charge is 2.42. The number of hydrogen-bond donors (Lipinski definition) is 1. The Bertz CT molecular complexity index is 1070. The summed E-state index contributed by atoms with van der Waals surface area (Å²) in [5.74, 6) is 0. The molecule has 3 heterocycles. The van der Waals surface area contributed by atoms with Gasteiger partial charge in [-0.25, -0.2) is 0 Å². The third-order valence-corrected chi connectivity index (χ3v) is 7.26. The molecule has 5 rings (SSSR count). The summed E-state index contributed by atoms with van der Waals surface area (Å²) in [6, 6.07) is 17.9. The van der Waals surface area contributed by atoms with Crippen molar-refractivity contribution in [3.8, 4) is 0 Å². The van der Waals surface area contributed by atoms with E-state index >= 15 is 0 Å². The molecule has 2 aromatic heterocycles. The molecule has 1 N–H and O–H groups in total. The first kappa shape index (κ1) is 20.3. The van der Waals surface area contributed by atoms with E-state index in [2.05, 4.69) is 77.3 Å². The molecule has 2 fully saturated rings. The van der Waals surface area contributed by atoms with Crippen molar-refractivity contribution in [1.29, 1.82) is 0 Å². The lowest BCUT2D eigenvalue weighted by atomic mass is 9.94. The molecule has 0 spiro atoms. The predicted molar refractivity (Wildman–Crippen MR) is 130 cm³/mol. The minimum atomic E-state index is 0.00699. The Morgan fingerprint density at radius 1 is 0.968 bits per heavy atom. The molecular weight excluding hydrogens is 400 g/mol. The van der Waals surface area contributed by atoms with Gasteiger partial charge in [0.2, 0.25) is 0 Å². The fraction of sp³-hybridized carbons (Fsp3) is 0.385. The summed E-state index contributed by atoms with van der Waals surface area (Å²) in [6.45, 7) is 4.32. The molecule has 0 amide bonds. The van der Waals surface area contributed by atoms with Gasteiger partial charge in [-0.15, -0.1) is 0 Å². The van der Waals surface area contributed by atoms with Crippen LogP contribution in [0.1, 0.15) is 72.7 Å². The normalized spacial score (nSPS) is 22.0. The Hall–Kier alpha value is -2.66. The molecule has 1 aromatic carbocycles. The topological polar surface area (TPSA) is 33.1 Å². The van der Waals surface area contributed by atoms with Crippen molar-refractivity contribution < 1.29 is 0 Å². The lowest BCUT2D eigenvalue weighted by molar-refractivity contribution is 0.340. The average molecular weight is 431 g/mol. The van der Waals surface area contributed by atoms with Crippen LogP contribution >= 0.6 is 12.2 Å². The van der Waals surface area contributed by atoms with Gasteiger partial charge < -0.3 is 14.8 Å². The van der Waals surface area contributed by atoms with Gasteiger partial charge in [0.25, 0.3) is 0 Å². The maximum absolute atomic E-state index is 5.90. The van der Waals surface area contributed by atoms with Gasteiger partial charge in [0.1, 0.15) is 6.04 Å². The summed E-state index contributed by atoms with van der Waals surface area (Å²) in [6.07, 6.45) is 10.6. The van der Waals surface area contributed by atoms with Crippen molar-refractivity contribution in [2.24, 2.45) is 0 Å². The van der Waals surface area contributed by atoms with E-state index in [1.54, 1.807) is 0 Å². The minimum Gasteiger partial charge on any atom is -0.351 e. The molecule has 5 heteroatoms. The zero-order valence-electron chi connectivity index (χ0n) is 18.3. The quantitative estimate of drug-likeness (QED) is 0.501. The fourth-order valence-corrected chi connectivity index (χ4v) is 5.50. The van der Waals surface area contributed by atoms with Gasteiger partial charge in [0.05, 0.1) is 11.7 Å². The van der Waals surface area contributed by atoms with Crippen LogP contribution < -0.4 is 10.2 Å². The van der Waals surface area contributed by atoms with E-state index in [-0.39, 0.29) is 12.1 Å². The summed E-state index contributed by atoms with van der Waals surface area (Å²) >= 11 is 5.90. The van der Waals surface area contributed by atoms with Crippen LogP contribution in [0.4, 0.5) is 5.69 Å². The second kappa shape index (κ2) is 8.46. The average Bonchev–Trinajstić information content (AvgIpc) is 3.41. The van der Waals surface area contributed by atoms with Gasteiger partial charge in [-0.1, -0.05) is 31.4 Å². The van der Waals surface area contributed by atoms with E-state index in [1.165, 1.54) is 48.9 Å². The van der Waals surface area contributed by atoms with Crippen LogP contribution in [0.3, 0.4) is 0 Å². The Morgan fingerprint density at radius 3 is 2.55 bits per heavy atom. The molecular formula is C26H30N4S. The van der Waals surface area contributed by atoms with Crippen molar-refractivity contribution in [3.05, 3.63) is 83.4 Å². The van der Waals surface area contributed by atoms with Gasteiger partial charge in [-0.05, 0) is 86.4 Å². The van der Waals surface area contributed by atoms with E-state index in [1.807, 2.05) is 12.3 Å². The summed E-state index contributed by atoms with van der Waals surface area (Å²) in [5.41, 5.74) is 6.05. The van der Waals surface area contributed by atoms with Crippen LogP contribution in [0.25, 0.3) is 0 Å². The maximum Gasteiger partial charge on any atom is 0.174 e. The first-order chi connectivity index (χ1) is 15.1. The molecule has 2 aliphatic rings. The molecule has 1 saturated carbocycles. The number of aromatic nitrogens is 2. The van der Waals surface area contributed by atoms with Crippen LogP contribution in [0.2, 0.25) is 0 Å². The molecule has 160 valence electrons. The zero-order valence-corrected chi connectivity index (χ0v) is 19.1. The molecule has 31 heavy (non-hydrogen) atoms. The third-order valence-electron chi connectivity index (χ3n) is 6.95. The van der Waals surface area contributed by atoms with Crippen molar-refractivity contribution in [3.63, 3.8) is 0 Å². The number of nitrogens with zero attached hydrogens (tertiary/aromatic N) is 3. The summed E-state index contributed by atoms with van der Waals surface area (Å²) < 4.78 is 2.52. The zero-order chi connectivity index (χ0) is 21.4. The molecule has 1 aliphatic heterocycles. The van der Waals surface area contributed by atoms with Crippen LogP contribution in [-0.2, 0) is 0 Å². The lowest BCUT2D eigenvalue weighted by Crippen LogP contribution is -2.31. The van der Waals surface area contributed by atoms with Crippen LogP contribution in [0, 0.1) is 13.8 Å². The molecule has 0 bridgehead atoms. The van der Waals surface area contributed by atoms with Crippen LogP contribution in [0.5, 0.6) is 0 Å². The number of aryl methyl sites for hydroxylation is 2. The number of rotatable bonds is 4. The summed E-state index contributed by atoms with van der Waals surface area (Å²) in [5, 5.41) is 4.37. The first-order valence-corrected chi connectivity index (χ1v) is 11.8. The summed E-state index contributed by atoms with van der Waals surface area (Å²) in [4.78, 5) is 7.00. The molecule has 2 atom stereocenters. The Morgan fingerprint density at radius 2 is 1.81 bits per heavy atom. The van der Waals surface area contributed by atoms with E-state index in [0.717, 1.165) is 16.5 Å². The minimum absolute atomic E-state index is 0.00699. The number of pyridine rings is 1. The van der Waals surface area contributed by atoms with Gasteiger partial charge >= 0.3 is 0 Å².